The summed E-state index contributed by atoms with van der Waals surface area (Å²) in [5.74, 6) is -0.637. The van der Waals surface area contributed by atoms with Gasteiger partial charge >= 0.3 is 5.97 Å². The fourth-order valence-electron chi connectivity index (χ4n) is 3.03. The summed E-state index contributed by atoms with van der Waals surface area (Å²) in [6, 6.07) is 1.75. The Labute approximate surface area is 111 Å². The van der Waals surface area contributed by atoms with Gasteiger partial charge in [-0.1, -0.05) is 0 Å². The van der Waals surface area contributed by atoms with Gasteiger partial charge in [0, 0.05) is 24.8 Å². The molecular formula is C14H17NO4. The third-order valence-corrected chi connectivity index (χ3v) is 4.02. The van der Waals surface area contributed by atoms with Crippen LogP contribution in [0, 0.1) is 5.92 Å². The lowest BCUT2D eigenvalue weighted by Crippen LogP contribution is -2.19. The number of carboxylic acid groups (broad SMARTS) is 1. The molecule has 0 saturated heterocycles. The zero-order valence-corrected chi connectivity index (χ0v) is 10.8. The van der Waals surface area contributed by atoms with Gasteiger partial charge in [-0.15, -0.1) is 0 Å². The average Bonchev–Trinajstić information content (AvgIpc) is 2.62. The Balaban J connectivity index is 2.13. The van der Waals surface area contributed by atoms with E-state index in [-0.39, 0.29) is 5.75 Å². The molecule has 2 heterocycles. The SMILES string of the molecule is CN1CCc2cc(O)c3c(c21)CC(C(=O)O)CCO3. The van der Waals surface area contributed by atoms with Crippen molar-refractivity contribution in [2.45, 2.75) is 19.3 Å². The van der Waals surface area contributed by atoms with Crippen LogP contribution in [0.5, 0.6) is 11.5 Å². The highest BCUT2D eigenvalue weighted by atomic mass is 16.5. The van der Waals surface area contributed by atoms with Crippen molar-refractivity contribution in [3.8, 4) is 11.5 Å². The Bertz CT molecular complexity index is 541. The largest absolute Gasteiger partial charge is 0.504 e. The number of phenolic OH excluding ortho intramolecular Hbond substituents is 1. The van der Waals surface area contributed by atoms with E-state index in [9.17, 15) is 15.0 Å². The molecule has 5 nitrogen and oxygen atoms in total. The predicted octanol–water partition coefficient (Wildman–Crippen LogP) is 1.41. The smallest absolute Gasteiger partial charge is 0.306 e. The third kappa shape index (κ3) is 1.89. The predicted molar refractivity (Wildman–Crippen MR) is 70.0 cm³/mol. The maximum Gasteiger partial charge on any atom is 0.306 e. The number of likely N-dealkylation sites (N-methyl/N-ethyl adjacent to an activating group) is 1. The van der Waals surface area contributed by atoms with E-state index in [0.717, 1.165) is 29.8 Å². The van der Waals surface area contributed by atoms with E-state index in [1.54, 1.807) is 6.07 Å². The fraction of sp³-hybridized carbons (Fsp3) is 0.500. The molecule has 1 unspecified atom stereocenters. The quantitative estimate of drug-likeness (QED) is 0.801. The Morgan fingerprint density at radius 3 is 3.05 bits per heavy atom. The van der Waals surface area contributed by atoms with Crippen molar-refractivity contribution in [3.63, 3.8) is 0 Å². The number of hydrogen-bond acceptors (Lipinski definition) is 4. The van der Waals surface area contributed by atoms with Crippen LogP contribution in [-0.4, -0.2) is 36.4 Å². The van der Waals surface area contributed by atoms with Crippen LogP contribution in [0.15, 0.2) is 6.07 Å². The second kappa shape index (κ2) is 4.33. The summed E-state index contributed by atoms with van der Waals surface area (Å²) in [5, 5.41) is 19.3. The number of carboxylic acids is 1. The fourth-order valence-corrected chi connectivity index (χ4v) is 3.03. The molecule has 0 aliphatic carbocycles. The second-order valence-corrected chi connectivity index (χ2v) is 5.26. The van der Waals surface area contributed by atoms with Gasteiger partial charge in [-0.3, -0.25) is 4.79 Å². The second-order valence-electron chi connectivity index (χ2n) is 5.26. The Hall–Kier alpha value is -1.91. The number of rotatable bonds is 1. The van der Waals surface area contributed by atoms with Gasteiger partial charge in [0.1, 0.15) is 0 Å². The van der Waals surface area contributed by atoms with Crippen LogP contribution in [0.25, 0.3) is 0 Å². The van der Waals surface area contributed by atoms with Crippen LogP contribution >= 0.6 is 0 Å². The molecule has 19 heavy (non-hydrogen) atoms. The molecule has 5 heteroatoms. The number of aliphatic carboxylic acids is 1. The first kappa shape index (κ1) is 12.1. The number of phenols is 1. The topological polar surface area (TPSA) is 70.0 Å². The first-order chi connectivity index (χ1) is 9.08. The van der Waals surface area contributed by atoms with Gasteiger partial charge in [0.2, 0.25) is 0 Å². The van der Waals surface area contributed by atoms with E-state index in [2.05, 4.69) is 4.90 Å². The van der Waals surface area contributed by atoms with Gasteiger partial charge in [0.05, 0.1) is 12.5 Å². The first-order valence-corrected chi connectivity index (χ1v) is 6.52. The van der Waals surface area contributed by atoms with Crippen molar-refractivity contribution in [1.29, 1.82) is 0 Å². The van der Waals surface area contributed by atoms with Crippen molar-refractivity contribution in [2.24, 2.45) is 5.92 Å². The normalized spacial score (nSPS) is 21.3. The van der Waals surface area contributed by atoms with Crippen LogP contribution in [-0.2, 0) is 17.6 Å². The molecule has 0 radical (unpaired) electrons. The lowest BCUT2D eigenvalue weighted by molar-refractivity contribution is -0.142. The van der Waals surface area contributed by atoms with E-state index in [0.29, 0.717) is 25.2 Å². The number of anilines is 1. The summed E-state index contributed by atoms with van der Waals surface area (Å²) in [6.07, 6.45) is 1.78. The summed E-state index contributed by atoms with van der Waals surface area (Å²) >= 11 is 0. The molecule has 0 spiro atoms. The molecule has 1 aromatic rings. The van der Waals surface area contributed by atoms with E-state index in [1.807, 2.05) is 7.05 Å². The number of hydrogen-bond donors (Lipinski definition) is 2. The zero-order valence-electron chi connectivity index (χ0n) is 10.8. The number of aromatic hydroxyl groups is 1. The van der Waals surface area contributed by atoms with Crippen LogP contribution in [0.3, 0.4) is 0 Å². The van der Waals surface area contributed by atoms with Gasteiger partial charge in [0.25, 0.3) is 0 Å². The third-order valence-electron chi connectivity index (χ3n) is 4.02. The molecule has 3 rings (SSSR count). The van der Waals surface area contributed by atoms with Crippen molar-refractivity contribution < 1.29 is 19.7 Å². The molecule has 0 bridgehead atoms. The minimum Gasteiger partial charge on any atom is -0.504 e. The number of fused-ring (bicyclic) bond motifs is 3. The van der Waals surface area contributed by atoms with Crippen molar-refractivity contribution in [3.05, 3.63) is 17.2 Å². The van der Waals surface area contributed by atoms with E-state index >= 15 is 0 Å². The molecular weight excluding hydrogens is 246 g/mol. The van der Waals surface area contributed by atoms with E-state index in [1.165, 1.54) is 0 Å². The summed E-state index contributed by atoms with van der Waals surface area (Å²) in [6.45, 7) is 1.23. The number of carbonyl (C=O) groups is 1. The summed E-state index contributed by atoms with van der Waals surface area (Å²) < 4.78 is 5.59. The Morgan fingerprint density at radius 1 is 1.53 bits per heavy atom. The molecule has 2 N–H and O–H groups in total. The van der Waals surface area contributed by atoms with Crippen molar-refractivity contribution in [1.82, 2.24) is 0 Å². The monoisotopic (exact) mass is 263 g/mol. The lowest BCUT2D eigenvalue weighted by atomic mass is 9.94. The van der Waals surface area contributed by atoms with Crippen LogP contribution in [0.4, 0.5) is 5.69 Å². The molecule has 0 aromatic heterocycles. The van der Waals surface area contributed by atoms with E-state index in [4.69, 9.17) is 4.74 Å². The van der Waals surface area contributed by atoms with Crippen LogP contribution in [0.1, 0.15) is 17.5 Å². The molecule has 1 aromatic carbocycles. The highest BCUT2D eigenvalue weighted by Gasteiger charge is 2.31. The van der Waals surface area contributed by atoms with Crippen LogP contribution < -0.4 is 9.64 Å². The molecule has 2 aliphatic rings. The molecule has 0 fully saturated rings. The maximum absolute atomic E-state index is 11.3. The van der Waals surface area contributed by atoms with Crippen LogP contribution in [0.2, 0.25) is 0 Å². The van der Waals surface area contributed by atoms with Gasteiger partial charge in [-0.25, -0.2) is 0 Å². The van der Waals surface area contributed by atoms with Gasteiger partial charge in [-0.05, 0) is 30.9 Å². The minimum atomic E-state index is -0.797. The molecule has 0 amide bonds. The average molecular weight is 263 g/mol. The highest BCUT2D eigenvalue weighted by Crippen LogP contribution is 2.45. The highest BCUT2D eigenvalue weighted by molar-refractivity contribution is 5.75. The van der Waals surface area contributed by atoms with E-state index < -0.39 is 11.9 Å². The molecule has 2 aliphatic heterocycles. The van der Waals surface area contributed by atoms with Gasteiger partial charge < -0.3 is 19.8 Å². The summed E-state index contributed by atoms with van der Waals surface area (Å²) in [5.41, 5.74) is 2.97. The molecule has 1 atom stereocenters. The number of nitrogens with zero attached hydrogens (tertiary/aromatic N) is 1. The summed E-state index contributed by atoms with van der Waals surface area (Å²) in [7, 11) is 1.99. The number of benzene rings is 1. The minimum absolute atomic E-state index is 0.134. The Morgan fingerprint density at radius 2 is 2.32 bits per heavy atom. The molecule has 0 saturated carbocycles. The lowest BCUT2D eigenvalue weighted by Gasteiger charge is -2.20. The standard InChI is InChI=1S/C14H17NO4/c1-15-4-2-8-7-11(16)13-10(12(8)15)6-9(14(17)18)3-5-19-13/h7,9,16H,2-6H2,1H3,(H,17,18). The molecule has 102 valence electrons. The first-order valence-electron chi connectivity index (χ1n) is 6.52. The van der Waals surface area contributed by atoms with Crippen molar-refractivity contribution >= 4 is 11.7 Å². The zero-order chi connectivity index (χ0) is 13.6. The number of ether oxygens (including phenoxy) is 1. The van der Waals surface area contributed by atoms with Gasteiger partial charge in [0.15, 0.2) is 11.5 Å². The Kier molecular flexibility index (Phi) is 2.77. The maximum atomic E-state index is 11.3. The summed E-state index contributed by atoms with van der Waals surface area (Å²) in [4.78, 5) is 13.4. The van der Waals surface area contributed by atoms with Gasteiger partial charge in [-0.2, -0.15) is 0 Å². The van der Waals surface area contributed by atoms with Crippen molar-refractivity contribution in [2.75, 3.05) is 25.1 Å².